The molecule has 3 rings (SSSR count). The van der Waals surface area contributed by atoms with Crippen molar-refractivity contribution < 1.29 is 4.79 Å². The summed E-state index contributed by atoms with van der Waals surface area (Å²) in [7, 11) is 0. The van der Waals surface area contributed by atoms with Crippen molar-refractivity contribution in [1.29, 1.82) is 0 Å². The van der Waals surface area contributed by atoms with Crippen molar-refractivity contribution in [2.45, 2.75) is 30.4 Å². The van der Waals surface area contributed by atoms with E-state index in [2.05, 4.69) is 16.4 Å². The highest BCUT2D eigenvalue weighted by molar-refractivity contribution is 8.00. The first-order valence-electron chi connectivity index (χ1n) is 8.18. The highest BCUT2D eigenvalue weighted by Crippen LogP contribution is 2.27. The lowest BCUT2D eigenvalue weighted by Gasteiger charge is -2.06. The highest BCUT2D eigenvalue weighted by Gasteiger charge is 2.09. The fraction of sp³-hybridized carbons (Fsp3) is 0.200. The molecule has 6 heteroatoms. The zero-order chi connectivity index (χ0) is 18.5. The normalized spacial score (nSPS) is 10.7. The lowest BCUT2D eigenvalue weighted by atomic mass is 10.1. The van der Waals surface area contributed by atoms with Gasteiger partial charge in [-0.05, 0) is 54.8 Å². The molecule has 1 N–H and O–H groups in total. The molecule has 26 heavy (non-hydrogen) atoms. The Hall–Kier alpha value is -1.82. The minimum Gasteiger partial charge on any atom is -0.326 e. The maximum atomic E-state index is 12.3. The molecule has 3 aromatic rings. The van der Waals surface area contributed by atoms with Crippen LogP contribution in [0.2, 0.25) is 5.02 Å². The second-order valence-electron chi connectivity index (χ2n) is 6.12. The van der Waals surface area contributed by atoms with Crippen molar-refractivity contribution in [3.8, 4) is 0 Å². The Morgan fingerprint density at radius 3 is 2.69 bits per heavy atom. The van der Waals surface area contributed by atoms with Crippen LogP contribution in [0.4, 0.5) is 5.69 Å². The van der Waals surface area contributed by atoms with Crippen LogP contribution in [0.15, 0.2) is 52.2 Å². The van der Waals surface area contributed by atoms with E-state index in [0.717, 1.165) is 43.2 Å². The van der Waals surface area contributed by atoms with Crippen molar-refractivity contribution in [3.05, 3.63) is 75.3 Å². The Balaban J connectivity index is 1.55. The van der Waals surface area contributed by atoms with Crippen LogP contribution in [0.25, 0.3) is 0 Å². The molecule has 2 aromatic carbocycles. The van der Waals surface area contributed by atoms with Gasteiger partial charge in [0, 0.05) is 21.8 Å². The number of carbonyl (C=O) groups is 1. The number of nitrogens with zero attached hydrogens (tertiary/aromatic N) is 1. The first-order chi connectivity index (χ1) is 12.5. The Labute approximate surface area is 166 Å². The Morgan fingerprint density at radius 2 is 1.96 bits per heavy atom. The van der Waals surface area contributed by atoms with Gasteiger partial charge < -0.3 is 5.32 Å². The van der Waals surface area contributed by atoms with E-state index in [-0.39, 0.29) is 12.3 Å². The van der Waals surface area contributed by atoms with Gasteiger partial charge in [0.2, 0.25) is 5.91 Å². The monoisotopic (exact) mass is 402 g/mol. The van der Waals surface area contributed by atoms with E-state index in [1.54, 1.807) is 23.1 Å². The number of benzene rings is 2. The summed E-state index contributed by atoms with van der Waals surface area (Å²) in [6, 6.07) is 13.8. The van der Waals surface area contributed by atoms with Crippen molar-refractivity contribution >= 4 is 46.3 Å². The van der Waals surface area contributed by atoms with Gasteiger partial charge in [0.05, 0.1) is 12.1 Å². The number of amides is 1. The van der Waals surface area contributed by atoms with E-state index < -0.39 is 0 Å². The van der Waals surface area contributed by atoms with E-state index in [1.165, 1.54) is 0 Å². The molecule has 0 saturated heterocycles. The van der Waals surface area contributed by atoms with Crippen LogP contribution in [0.5, 0.6) is 0 Å². The molecule has 1 heterocycles. The van der Waals surface area contributed by atoms with E-state index in [1.807, 2.05) is 55.6 Å². The summed E-state index contributed by atoms with van der Waals surface area (Å²) in [4.78, 5) is 16.8. The lowest BCUT2D eigenvalue weighted by molar-refractivity contribution is -0.115. The number of carbonyl (C=O) groups excluding carboxylic acids is 1. The smallest absolute Gasteiger partial charge is 0.230 e. The van der Waals surface area contributed by atoms with Gasteiger partial charge in [0.1, 0.15) is 4.34 Å². The number of thioether (sulfide) groups is 1. The summed E-state index contributed by atoms with van der Waals surface area (Å²) >= 11 is 9.23. The number of halogens is 1. The SMILES string of the molecule is Cc1cc(C)cc(NC(=O)Cc2csc(SCc3cccc(Cl)c3)n2)c1. The highest BCUT2D eigenvalue weighted by atomic mass is 35.5. The zero-order valence-electron chi connectivity index (χ0n) is 14.6. The van der Waals surface area contributed by atoms with Gasteiger partial charge in [-0.2, -0.15) is 0 Å². The van der Waals surface area contributed by atoms with Crippen molar-refractivity contribution in [2.75, 3.05) is 5.32 Å². The predicted octanol–water partition coefficient (Wildman–Crippen LogP) is 5.89. The minimum atomic E-state index is -0.0494. The number of aromatic nitrogens is 1. The predicted molar refractivity (Wildman–Crippen MR) is 111 cm³/mol. The standard InChI is InChI=1S/C20H19ClN2OS2/c1-13-6-14(2)8-17(7-13)22-19(24)10-18-12-26-20(23-18)25-11-15-4-3-5-16(21)9-15/h3-9,12H,10-11H2,1-2H3,(H,22,24). The van der Waals surface area contributed by atoms with E-state index in [4.69, 9.17) is 11.6 Å². The Morgan fingerprint density at radius 1 is 1.19 bits per heavy atom. The van der Waals surface area contributed by atoms with Gasteiger partial charge in [0.15, 0.2) is 0 Å². The second-order valence-corrected chi connectivity index (χ2v) is 8.64. The van der Waals surface area contributed by atoms with Crippen LogP contribution < -0.4 is 5.32 Å². The first kappa shape index (κ1) is 19.0. The number of thiazole rings is 1. The van der Waals surface area contributed by atoms with Gasteiger partial charge in [-0.15, -0.1) is 11.3 Å². The van der Waals surface area contributed by atoms with E-state index >= 15 is 0 Å². The van der Waals surface area contributed by atoms with Crippen LogP contribution in [-0.2, 0) is 17.0 Å². The number of hydrogen-bond acceptors (Lipinski definition) is 4. The maximum Gasteiger partial charge on any atom is 0.230 e. The third kappa shape index (κ3) is 5.59. The minimum absolute atomic E-state index is 0.0494. The molecule has 0 atom stereocenters. The number of hydrogen-bond donors (Lipinski definition) is 1. The largest absolute Gasteiger partial charge is 0.326 e. The van der Waals surface area contributed by atoms with Crippen molar-refractivity contribution in [1.82, 2.24) is 4.98 Å². The first-order valence-corrected chi connectivity index (χ1v) is 10.4. The van der Waals surface area contributed by atoms with Crippen molar-refractivity contribution in [2.24, 2.45) is 0 Å². The van der Waals surface area contributed by atoms with E-state index in [0.29, 0.717) is 0 Å². The molecule has 134 valence electrons. The van der Waals surface area contributed by atoms with Gasteiger partial charge in [0.25, 0.3) is 0 Å². The summed E-state index contributed by atoms with van der Waals surface area (Å²) in [6.07, 6.45) is 0.279. The summed E-state index contributed by atoms with van der Waals surface area (Å²) in [5, 5.41) is 5.64. The molecule has 0 fully saturated rings. The molecular weight excluding hydrogens is 384 g/mol. The average molecular weight is 403 g/mol. The zero-order valence-corrected chi connectivity index (χ0v) is 17.0. The van der Waals surface area contributed by atoms with Crippen LogP contribution in [0.1, 0.15) is 22.4 Å². The lowest BCUT2D eigenvalue weighted by Crippen LogP contribution is -2.14. The fourth-order valence-corrected chi connectivity index (χ4v) is 4.62. The number of anilines is 1. The van der Waals surface area contributed by atoms with Crippen LogP contribution in [0.3, 0.4) is 0 Å². The summed E-state index contributed by atoms with van der Waals surface area (Å²) in [5.74, 6) is 0.758. The van der Waals surface area contributed by atoms with Gasteiger partial charge >= 0.3 is 0 Å². The molecular formula is C20H19ClN2OS2. The number of rotatable bonds is 6. The Kier molecular flexibility index (Phi) is 6.35. The maximum absolute atomic E-state index is 12.3. The molecule has 0 radical (unpaired) electrons. The van der Waals surface area contributed by atoms with Crippen LogP contribution >= 0.6 is 34.7 Å². The number of aryl methyl sites for hydroxylation is 2. The average Bonchev–Trinajstić information content (AvgIpc) is 2.99. The summed E-state index contributed by atoms with van der Waals surface area (Å²) < 4.78 is 0.958. The van der Waals surface area contributed by atoms with Crippen molar-refractivity contribution in [3.63, 3.8) is 0 Å². The third-order valence-corrected chi connectivity index (χ3v) is 6.01. The van der Waals surface area contributed by atoms with Crippen LogP contribution in [0, 0.1) is 13.8 Å². The van der Waals surface area contributed by atoms with Gasteiger partial charge in [-0.1, -0.05) is 41.6 Å². The fourth-order valence-electron chi connectivity index (χ4n) is 2.62. The Bertz CT molecular complexity index is 903. The molecule has 0 unspecified atom stereocenters. The molecule has 0 bridgehead atoms. The quantitative estimate of drug-likeness (QED) is 0.523. The molecule has 1 aromatic heterocycles. The van der Waals surface area contributed by atoms with Crippen LogP contribution in [-0.4, -0.2) is 10.9 Å². The molecule has 0 spiro atoms. The molecule has 0 aliphatic heterocycles. The molecule has 0 saturated carbocycles. The van der Waals surface area contributed by atoms with Gasteiger partial charge in [-0.25, -0.2) is 4.98 Å². The molecule has 1 amide bonds. The summed E-state index contributed by atoms with van der Waals surface area (Å²) in [5.41, 5.74) is 5.05. The second kappa shape index (κ2) is 8.71. The molecule has 3 nitrogen and oxygen atoms in total. The van der Waals surface area contributed by atoms with E-state index in [9.17, 15) is 4.79 Å². The third-order valence-electron chi connectivity index (χ3n) is 3.63. The topological polar surface area (TPSA) is 42.0 Å². The summed E-state index contributed by atoms with van der Waals surface area (Å²) in [6.45, 7) is 4.04. The number of nitrogens with one attached hydrogen (secondary N) is 1. The van der Waals surface area contributed by atoms with Gasteiger partial charge in [-0.3, -0.25) is 4.79 Å². The molecule has 0 aliphatic rings. The molecule has 0 aliphatic carbocycles.